The van der Waals surface area contributed by atoms with Crippen molar-refractivity contribution < 1.29 is 22.1 Å². The number of methoxy groups -OCH3 is 1. The van der Waals surface area contributed by atoms with Crippen LogP contribution in [0, 0.1) is 0 Å². The van der Waals surface area contributed by atoms with Crippen LogP contribution in [0.15, 0.2) is 53.4 Å². The Morgan fingerprint density at radius 1 is 1.05 bits per heavy atom. The van der Waals surface area contributed by atoms with Crippen LogP contribution >= 0.6 is 0 Å². The minimum atomic E-state index is -4.03. The zero-order valence-electron chi connectivity index (χ0n) is 11.6. The molecule has 2 aromatic rings. The standard InChI is InChI=1S/C15H14O5S/c1-11(16)12-6-5-7-13(10-12)20-21(17,18)15-9-4-3-8-14(15)19-2/h3-10H,1-2H3. The largest absolute Gasteiger partial charge is 0.495 e. The average Bonchev–Trinajstić information content (AvgIpc) is 2.47. The Bertz CT molecular complexity index is 765. The summed E-state index contributed by atoms with van der Waals surface area (Å²) < 4.78 is 34.6. The number of para-hydroxylation sites is 1. The van der Waals surface area contributed by atoms with Crippen LogP contribution in [0.4, 0.5) is 0 Å². The monoisotopic (exact) mass is 306 g/mol. The Kier molecular flexibility index (Phi) is 4.28. The lowest BCUT2D eigenvalue weighted by Gasteiger charge is -2.10. The fourth-order valence-electron chi connectivity index (χ4n) is 1.76. The molecule has 0 spiro atoms. The van der Waals surface area contributed by atoms with Gasteiger partial charge in [0.15, 0.2) is 5.78 Å². The Morgan fingerprint density at radius 2 is 1.76 bits per heavy atom. The summed E-state index contributed by atoms with van der Waals surface area (Å²) in [4.78, 5) is 11.2. The zero-order chi connectivity index (χ0) is 15.5. The Balaban J connectivity index is 2.38. The van der Waals surface area contributed by atoms with E-state index in [1.54, 1.807) is 24.3 Å². The van der Waals surface area contributed by atoms with Gasteiger partial charge in [0.25, 0.3) is 0 Å². The zero-order valence-corrected chi connectivity index (χ0v) is 12.4. The first-order chi connectivity index (χ1) is 9.94. The third-order valence-corrected chi connectivity index (χ3v) is 4.07. The molecule has 0 aromatic heterocycles. The number of hydrogen-bond donors (Lipinski definition) is 0. The molecular weight excluding hydrogens is 292 g/mol. The summed E-state index contributed by atoms with van der Waals surface area (Å²) in [5, 5.41) is 0. The molecule has 0 unspecified atom stereocenters. The SMILES string of the molecule is COc1ccccc1S(=O)(=O)Oc1cccc(C(C)=O)c1. The van der Waals surface area contributed by atoms with Crippen molar-refractivity contribution >= 4 is 15.9 Å². The van der Waals surface area contributed by atoms with Crippen molar-refractivity contribution in [1.82, 2.24) is 0 Å². The summed E-state index contributed by atoms with van der Waals surface area (Å²) in [6.45, 7) is 1.40. The summed E-state index contributed by atoms with van der Waals surface area (Å²) in [5.74, 6) is 0.101. The molecule has 6 heteroatoms. The molecule has 0 fully saturated rings. The second-order valence-electron chi connectivity index (χ2n) is 4.27. The number of carbonyl (C=O) groups is 1. The van der Waals surface area contributed by atoms with E-state index < -0.39 is 10.1 Å². The summed E-state index contributed by atoms with van der Waals surface area (Å²) in [7, 11) is -2.66. The van der Waals surface area contributed by atoms with Gasteiger partial charge < -0.3 is 8.92 Å². The molecule has 21 heavy (non-hydrogen) atoms. The maximum atomic E-state index is 12.3. The lowest BCUT2D eigenvalue weighted by Crippen LogP contribution is -2.11. The molecule has 0 amide bonds. The van der Waals surface area contributed by atoms with Gasteiger partial charge >= 0.3 is 10.1 Å². The van der Waals surface area contributed by atoms with Crippen molar-refractivity contribution in [2.75, 3.05) is 7.11 Å². The number of ether oxygens (including phenoxy) is 1. The van der Waals surface area contributed by atoms with E-state index in [0.717, 1.165) is 0 Å². The number of Topliss-reactive ketones (excluding diaryl/α,β-unsaturated/α-hetero) is 1. The van der Waals surface area contributed by atoms with Crippen LogP contribution in [-0.4, -0.2) is 21.3 Å². The molecule has 0 atom stereocenters. The third kappa shape index (κ3) is 3.41. The molecule has 5 nitrogen and oxygen atoms in total. The molecule has 0 saturated carbocycles. The highest BCUT2D eigenvalue weighted by Crippen LogP contribution is 2.26. The van der Waals surface area contributed by atoms with Gasteiger partial charge in [-0.05, 0) is 31.2 Å². The van der Waals surface area contributed by atoms with Crippen LogP contribution < -0.4 is 8.92 Å². The third-order valence-electron chi connectivity index (χ3n) is 2.78. The Morgan fingerprint density at radius 3 is 2.43 bits per heavy atom. The number of hydrogen-bond acceptors (Lipinski definition) is 5. The topological polar surface area (TPSA) is 69.7 Å². The summed E-state index contributed by atoms with van der Waals surface area (Å²) in [6, 6.07) is 12.2. The van der Waals surface area contributed by atoms with Gasteiger partial charge in [0.2, 0.25) is 0 Å². The molecule has 0 N–H and O–H groups in total. The second kappa shape index (κ2) is 5.97. The van der Waals surface area contributed by atoms with Crippen LogP contribution in [0.5, 0.6) is 11.5 Å². The van der Waals surface area contributed by atoms with E-state index in [1.165, 1.54) is 38.3 Å². The van der Waals surface area contributed by atoms with Crippen molar-refractivity contribution in [3.8, 4) is 11.5 Å². The fraction of sp³-hybridized carbons (Fsp3) is 0.133. The van der Waals surface area contributed by atoms with E-state index in [0.29, 0.717) is 5.56 Å². The van der Waals surface area contributed by atoms with Crippen LogP contribution in [-0.2, 0) is 10.1 Å². The van der Waals surface area contributed by atoms with E-state index in [4.69, 9.17) is 8.92 Å². The molecule has 2 aromatic carbocycles. The quantitative estimate of drug-likeness (QED) is 0.627. The summed E-state index contributed by atoms with van der Waals surface area (Å²) in [6.07, 6.45) is 0. The molecule has 0 aliphatic carbocycles. The highest BCUT2D eigenvalue weighted by Gasteiger charge is 2.21. The predicted octanol–water partition coefficient (Wildman–Crippen LogP) is 2.67. The maximum Gasteiger partial charge on any atom is 0.342 e. The fourth-order valence-corrected chi connectivity index (χ4v) is 2.85. The van der Waals surface area contributed by atoms with Gasteiger partial charge in [-0.1, -0.05) is 24.3 Å². The molecule has 0 radical (unpaired) electrons. The van der Waals surface area contributed by atoms with E-state index in [1.807, 2.05) is 0 Å². The second-order valence-corrected chi connectivity index (χ2v) is 5.79. The number of carbonyl (C=O) groups excluding carboxylic acids is 1. The van der Waals surface area contributed by atoms with Crippen LogP contribution in [0.2, 0.25) is 0 Å². The van der Waals surface area contributed by atoms with Crippen molar-refractivity contribution in [3.63, 3.8) is 0 Å². The molecule has 0 saturated heterocycles. The molecule has 0 heterocycles. The van der Waals surface area contributed by atoms with Crippen molar-refractivity contribution in [1.29, 1.82) is 0 Å². The van der Waals surface area contributed by atoms with E-state index in [9.17, 15) is 13.2 Å². The molecule has 2 rings (SSSR count). The van der Waals surface area contributed by atoms with Crippen molar-refractivity contribution in [3.05, 3.63) is 54.1 Å². The first-order valence-electron chi connectivity index (χ1n) is 6.12. The number of benzene rings is 2. The van der Waals surface area contributed by atoms with Gasteiger partial charge in [0, 0.05) is 5.56 Å². The van der Waals surface area contributed by atoms with Gasteiger partial charge in [0.1, 0.15) is 16.4 Å². The van der Waals surface area contributed by atoms with Crippen LogP contribution in [0.1, 0.15) is 17.3 Å². The molecule has 0 aliphatic rings. The van der Waals surface area contributed by atoms with Gasteiger partial charge in [0.05, 0.1) is 7.11 Å². The molecule has 0 bridgehead atoms. The van der Waals surface area contributed by atoms with E-state index in [-0.39, 0.29) is 22.2 Å². The summed E-state index contributed by atoms with van der Waals surface area (Å²) in [5.41, 5.74) is 0.378. The normalized spacial score (nSPS) is 11.0. The van der Waals surface area contributed by atoms with E-state index >= 15 is 0 Å². The first-order valence-corrected chi connectivity index (χ1v) is 7.53. The highest BCUT2D eigenvalue weighted by atomic mass is 32.2. The van der Waals surface area contributed by atoms with Gasteiger partial charge in [-0.15, -0.1) is 0 Å². The van der Waals surface area contributed by atoms with Crippen LogP contribution in [0.25, 0.3) is 0 Å². The van der Waals surface area contributed by atoms with Gasteiger partial charge in [-0.3, -0.25) is 4.79 Å². The number of ketones is 1. The maximum absolute atomic E-state index is 12.3. The predicted molar refractivity (Wildman–Crippen MR) is 77.3 cm³/mol. The smallest absolute Gasteiger partial charge is 0.342 e. The summed E-state index contributed by atoms with van der Waals surface area (Å²) >= 11 is 0. The minimum absolute atomic E-state index is 0.0688. The highest BCUT2D eigenvalue weighted by molar-refractivity contribution is 7.87. The number of rotatable bonds is 5. The van der Waals surface area contributed by atoms with Crippen molar-refractivity contribution in [2.24, 2.45) is 0 Å². The molecule has 0 aliphatic heterocycles. The van der Waals surface area contributed by atoms with Crippen LogP contribution in [0.3, 0.4) is 0 Å². The average molecular weight is 306 g/mol. The molecule has 110 valence electrons. The van der Waals surface area contributed by atoms with Gasteiger partial charge in [-0.2, -0.15) is 8.42 Å². The lowest BCUT2D eigenvalue weighted by molar-refractivity contribution is 0.101. The Labute approximate surface area is 123 Å². The van der Waals surface area contributed by atoms with Gasteiger partial charge in [-0.25, -0.2) is 0 Å². The van der Waals surface area contributed by atoms with E-state index in [2.05, 4.69) is 0 Å². The first kappa shape index (κ1) is 15.1. The van der Waals surface area contributed by atoms with Crippen molar-refractivity contribution in [2.45, 2.75) is 11.8 Å². The molecular formula is C15H14O5S. The lowest BCUT2D eigenvalue weighted by atomic mass is 10.1. The minimum Gasteiger partial charge on any atom is -0.495 e. The Hall–Kier alpha value is -2.34.